The monoisotopic (exact) mass is 256 g/mol. The first-order chi connectivity index (χ1) is 8.21. The standard InChI is InChI=1S/C14H28N2S/c1-16(11-14(17-2)8-5-9-14)13-7-4-3-6-12(13)10-15/h12-13H,3-11,15H2,1-2H3. The van der Waals surface area contributed by atoms with Gasteiger partial charge in [-0.1, -0.05) is 19.3 Å². The van der Waals surface area contributed by atoms with E-state index in [-0.39, 0.29) is 0 Å². The van der Waals surface area contributed by atoms with Crippen molar-refractivity contribution in [2.75, 3.05) is 26.4 Å². The summed E-state index contributed by atoms with van der Waals surface area (Å²) in [7, 11) is 2.33. The highest BCUT2D eigenvalue weighted by Crippen LogP contribution is 2.44. The Morgan fingerprint density at radius 2 is 1.94 bits per heavy atom. The van der Waals surface area contributed by atoms with Gasteiger partial charge in [-0.3, -0.25) is 0 Å². The molecule has 2 aliphatic carbocycles. The Balaban J connectivity index is 1.91. The number of thioether (sulfide) groups is 1. The highest BCUT2D eigenvalue weighted by molar-refractivity contribution is 8.00. The van der Waals surface area contributed by atoms with Crippen LogP contribution in [0.3, 0.4) is 0 Å². The Hall–Kier alpha value is 0.270. The average molecular weight is 256 g/mol. The lowest BCUT2D eigenvalue weighted by Gasteiger charge is -2.47. The molecule has 0 radical (unpaired) electrons. The van der Waals surface area contributed by atoms with Gasteiger partial charge in [0.25, 0.3) is 0 Å². The lowest BCUT2D eigenvalue weighted by atomic mass is 9.80. The molecule has 2 saturated carbocycles. The molecule has 2 atom stereocenters. The zero-order valence-corrected chi connectivity index (χ0v) is 12.3. The molecule has 17 heavy (non-hydrogen) atoms. The minimum atomic E-state index is 0.575. The van der Waals surface area contributed by atoms with E-state index in [1.54, 1.807) is 0 Å². The largest absolute Gasteiger partial charge is 0.330 e. The Labute approximate surface area is 111 Å². The van der Waals surface area contributed by atoms with Crippen LogP contribution in [0.15, 0.2) is 0 Å². The molecule has 0 heterocycles. The molecule has 2 fully saturated rings. The zero-order valence-electron chi connectivity index (χ0n) is 11.5. The van der Waals surface area contributed by atoms with E-state index < -0.39 is 0 Å². The van der Waals surface area contributed by atoms with Gasteiger partial charge in [-0.2, -0.15) is 11.8 Å². The fraction of sp³-hybridized carbons (Fsp3) is 1.00. The molecular weight excluding hydrogens is 228 g/mol. The normalized spacial score (nSPS) is 32.5. The van der Waals surface area contributed by atoms with Crippen LogP contribution in [0.5, 0.6) is 0 Å². The minimum absolute atomic E-state index is 0.575. The average Bonchev–Trinajstić information content (AvgIpc) is 2.33. The molecular formula is C14H28N2S. The molecule has 0 aromatic rings. The third kappa shape index (κ3) is 2.99. The van der Waals surface area contributed by atoms with Crippen LogP contribution < -0.4 is 5.73 Å². The van der Waals surface area contributed by atoms with Crippen LogP contribution in [0, 0.1) is 5.92 Å². The lowest BCUT2D eigenvalue weighted by Crippen LogP contribution is -2.51. The van der Waals surface area contributed by atoms with Crippen molar-refractivity contribution in [1.82, 2.24) is 4.90 Å². The lowest BCUT2D eigenvalue weighted by molar-refractivity contribution is 0.108. The number of hydrogen-bond donors (Lipinski definition) is 1. The molecule has 0 aromatic heterocycles. The molecule has 2 aliphatic rings. The van der Waals surface area contributed by atoms with E-state index in [0.29, 0.717) is 4.75 Å². The second-order valence-corrected chi connectivity index (χ2v) is 7.28. The van der Waals surface area contributed by atoms with Gasteiger partial charge in [0.1, 0.15) is 0 Å². The van der Waals surface area contributed by atoms with Crippen LogP contribution in [-0.4, -0.2) is 42.1 Å². The van der Waals surface area contributed by atoms with E-state index in [1.165, 1.54) is 51.5 Å². The topological polar surface area (TPSA) is 29.3 Å². The molecule has 2 rings (SSSR count). The van der Waals surface area contributed by atoms with Crippen molar-refractivity contribution in [3.63, 3.8) is 0 Å². The van der Waals surface area contributed by atoms with Crippen LogP contribution in [0.2, 0.25) is 0 Å². The van der Waals surface area contributed by atoms with E-state index in [1.807, 2.05) is 0 Å². The maximum Gasteiger partial charge on any atom is 0.0284 e. The van der Waals surface area contributed by atoms with Crippen LogP contribution in [0.25, 0.3) is 0 Å². The summed E-state index contributed by atoms with van der Waals surface area (Å²) in [6.07, 6.45) is 12.0. The molecule has 3 heteroatoms. The van der Waals surface area contributed by atoms with E-state index in [9.17, 15) is 0 Å². The molecule has 0 spiro atoms. The van der Waals surface area contributed by atoms with Crippen LogP contribution in [-0.2, 0) is 0 Å². The first-order valence-electron chi connectivity index (χ1n) is 7.16. The first kappa shape index (κ1) is 13.7. The van der Waals surface area contributed by atoms with Gasteiger partial charge in [0.15, 0.2) is 0 Å². The quantitative estimate of drug-likeness (QED) is 0.820. The highest BCUT2D eigenvalue weighted by Gasteiger charge is 2.39. The predicted octanol–water partition coefficient (Wildman–Crippen LogP) is 2.72. The van der Waals surface area contributed by atoms with Crippen LogP contribution >= 0.6 is 11.8 Å². The maximum absolute atomic E-state index is 5.94. The molecule has 2 N–H and O–H groups in total. The van der Waals surface area contributed by atoms with Crippen molar-refractivity contribution in [3.8, 4) is 0 Å². The summed E-state index contributed by atoms with van der Waals surface area (Å²) in [5.74, 6) is 0.743. The second-order valence-electron chi connectivity index (χ2n) is 6.00. The van der Waals surface area contributed by atoms with E-state index in [2.05, 4.69) is 30.0 Å². The highest BCUT2D eigenvalue weighted by atomic mass is 32.2. The third-order valence-electron chi connectivity index (χ3n) is 4.97. The van der Waals surface area contributed by atoms with Crippen molar-refractivity contribution in [3.05, 3.63) is 0 Å². The number of rotatable bonds is 5. The summed E-state index contributed by atoms with van der Waals surface area (Å²) in [6, 6.07) is 0.748. The third-order valence-corrected chi connectivity index (χ3v) is 6.38. The van der Waals surface area contributed by atoms with Crippen LogP contribution in [0.4, 0.5) is 0 Å². The number of hydrogen-bond acceptors (Lipinski definition) is 3. The molecule has 2 unspecified atom stereocenters. The summed E-state index contributed by atoms with van der Waals surface area (Å²) < 4.78 is 0.575. The van der Waals surface area contributed by atoms with Crippen molar-refractivity contribution in [2.24, 2.45) is 11.7 Å². The molecule has 0 aromatic carbocycles. The first-order valence-corrected chi connectivity index (χ1v) is 8.39. The number of nitrogens with two attached hydrogens (primary N) is 1. The fourth-order valence-electron chi connectivity index (χ4n) is 3.61. The Morgan fingerprint density at radius 3 is 2.47 bits per heavy atom. The SMILES string of the molecule is CSC1(CN(C)C2CCCCC2CN)CCC1. The summed E-state index contributed by atoms with van der Waals surface area (Å²) >= 11 is 2.09. The summed E-state index contributed by atoms with van der Waals surface area (Å²) in [6.45, 7) is 2.15. The summed E-state index contributed by atoms with van der Waals surface area (Å²) in [5.41, 5.74) is 5.94. The molecule has 0 amide bonds. The van der Waals surface area contributed by atoms with Crippen molar-refractivity contribution >= 4 is 11.8 Å². The van der Waals surface area contributed by atoms with Gasteiger partial charge < -0.3 is 10.6 Å². The smallest absolute Gasteiger partial charge is 0.0284 e. The van der Waals surface area contributed by atoms with E-state index in [4.69, 9.17) is 5.73 Å². The Kier molecular flexibility index (Phi) is 4.79. The maximum atomic E-state index is 5.94. The second kappa shape index (κ2) is 5.94. The van der Waals surface area contributed by atoms with Crippen molar-refractivity contribution in [1.29, 1.82) is 0 Å². The summed E-state index contributed by atoms with van der Waals surface area (Å²) in [4.78, 5) is 2.63. The summed E-state index contributed by atoms with van der Waals surface area (Å²) in [5, 5.41) is 0. The van der Waals surface area contributed by atoms with Gasteiger partial charge in [0, 0.05) is 17.3 Å². The molecule has 100 valence electrons. The Morgan fingerprint density at radius 1 is 1.24 bits per heavy atom. The van der Waals surface area contributed by atoms with Crippen LogP contribution in [0.1, 0.15) is 44.9 Å². The molecule has 0 bridgehead atoms. The molecule has 0 saturated heterocycles. The van der Waals surface area contributed by atoms with Gasteiger partial charge >= 0.3 is 0 Å². The fourth-order valence-corrected chi connectivity index (χ4v) is 4.64. The Bertz CT molecular complexity index is 235. The van der Waals surface area contributed by atoms with Crippen molar-refractivity contribution in [2.45, 2.75) is 55.7 Å². The number of nitrogens with zero attached hydrogens (tertiary/aromatic N) is 1. The molecule has 2 nitrogen and oxygen atoms in total. The van der Waals surface area contributed by atoms with Gasteiger partial charge in [-0.05, 0) is 51.4 Å². The van der Waals surface area contributed by atoms with Gasteiger partial charge in [-0.15, -0.1) is 0 Å². The van der Waals surface area contributed by atoms with Gasteiger partial charge in [0.05, 0.1) is 0 Å². The minimum Gasteiger partial charge on any atom is -0.330 e. The van der Waals surface area contributed by atoms with Gasteiger partial charge in [-0.25, -0.2) is 0 Å². The van der Waals surface area contributed by atoms with Crippen molar-refractivity contribution < 1.29 is 0 Å². The van der Waals surface area contributed by atoms with E-state index in [0.717, 1.165) is 18.5 Å². The van der Waals surface area contributed by atoms with E-state index >= 15 is 0 Å². The zero-order chi connectivity index (χ0) is 12.3. The molecule has 0 aliphatic heterocycles. The predicted molar refractivity (Wildman–Crippen MR) is 77.5 cm³/mol. The van der Waals surface area contributed by atoms with Gasteiger partial charge in [0.2, 0.25) is 0 Å².